The van der Waals surface area contributed by atoms with Crippen LogP contribution in [0.2, 0.25) is 0 Å². The fraction of sp³-hybridized carbons (Fsp3) is 0.409. The number of nitrogens with one attached hydrogen (secondary N) is 2. The summed E-state index contributed by atoms with van der Waals surface area (Å²) in [7, 11) is 0. The molecule has 2 aromatic rings. The van der Waals surface area contributed by atoms with Crippen LogP contribution in [0.15, 0.2) is 42.5 Å². The highest BCUT2D eigenvalue weighted by Crippen LogP contribution is 2.28. The van der Waals surface area contributed by atoms with Crippen molar-refractivity contribution >= 4 is 11.9 Å². The van der Waals surface area contributed by atoms with E-state index < -0.39 is 0 Å². The van der Waals surface area contributed by atoms with Crippen LogP contribution < -0.4 is 5.32 Å². The zero-order chi connectivity index (χ0) is 17.5. The van der Waals surface area contributed by atoms with Gasteiger partial charge in [-0.05, 0) is 48.4 Å². The minimum absolute atomic E-state index is 0.265. The van der Waals surface area contributed by atoms with E-state index in [1.807, 2.05) is 6.07 Å². The molecule has 2 N–H and O–H groups in total. The summed E-state index contributed by atoms with van der Waals surface area (Å²) in [5, 5.41) is 11.3. The van der Waals surface area contributed by atoms with E-state index in [9.17, 15) is 0 Å². The van der Waals surface area contributed by atoms with Crippen LogP contribution in [0.5, 0.6) is 0 Å². The fourth-order valence-corrected chi connectivity index (χ4v) is 3.06. The third-order valence-corrected chi connectivity index (χ3v) is 4.32. The smallest absolute Gasteiger partial charge is 0.0516 e. The first-order valence-electron chi connectivity index (χ1n) is 9.00. The lowest BCUT2D eigenvalue weighted by molar-refractivity contribution is 0.531. The number of hydrogen-bond acceptors (Lipinski definition) is 2. The number of aryl methyl sites for hydroxylation is 2. The SMILES string of the molecule is CCCc1ccc(C(CC(C)C)Nc2cc(C)ccc2C=N)cc1. The molecular weight excluding hydrogens is 292 g/mol. The lowest BCUT2D eigenvalue weighted by Crippen LogP contribution is -2.14. The van der Waals surface area contributed by atoms with E-state index in [2.05, 4.69) is 69.4 Å². The van der Waals surface area contributed by atoms with Gasteiger partial charge in [0.2, 0.25) is 0 Å². The van der Waals surface area contributed by atoms with E-state index in [1.165, 1.54) is 29.3 Å². The maximum atomic E-state index is 7.65. The van der Waals surface area contributed by atoms with Gasteiger partial charge in [-0.25, -0.2) is 0 Å². The summed E-state index contributed by atoms with van der Waals surface area (Å²) in [6.45, 7) is 8.82. The molecule has 1 atom stereocenters. The molecule has 1 unspecified atom stereocenters. The Morgan fingerprint density at radius 2 is 1.79 bits per heavy atom. The van der Waals surface area contributed by atoms with E-state index in [4.69, 9.17) is 5.41 Å². The zero-order valence-electron chi connectivity index (χ0n) is 15.4. The average Bonchev–Trinajstić information content (AvgIpc) is 2.55. The summed E-state index contributed by atoms with van der Waals surface area (Å²) in [5.41, 5.74) is 5.93. The first-order chi connectivity index (χ1) is 11.5. The van der Waals surface area contributed by atoms with Gasteiger partial charge in [0.15, 0.2) is 0 Å². The van der Waals surface area contributed by atoms with Gasteiger partial charge in [0.1, 0.15) is 0 Å². The summed E-state index contributed by atoms with van der Waals surface area (Å²) in [4.78, 5) is 0. The van der Waals surface area contributed by atoms with Crippen molar-refractivity contribution in [3.8, 4) is 0 Å². The highest BCUT2D eigenvalue weighted by Gasteiger charge is 2.15. The first-order valence-corrected chi connectivity index (χ1v) is 9.00. The Morgan fingerprint density at radius 3 is 2.38 bits per heavy atom. The van der Waals surface area contributed by atoms with Gasteiger partial charge >= 0.3 is 0 Å². The molecule has 0 amide bonds. The van der Waals surface area contributed by atoms with E-state index in [-0.39, 0.29) is 6.04 Å². The molecule has 2 nitrogen and oxygen atoms in total. The van der Waals surface area contributed by atoms with E-state index in [1.54, 1.807) is 0 Å². The van der Waals surface area contributed by atoms with E-state index >= 15 is 0 Å². The molecule has 0 aliphatic carbocycles. The molecule has 0 saturated heterocycles. The number of hydrogen-bond donors (Lipinski definition) is 2. The van der Waals surface area contributed by atoms with Crippen molar-refractivity contribution in [3.63, 3.8) is 0 Å². The Balaban J connectivity index is 2.28. The second kappa shape index (κ2) is 8.68. The number of rotatable bonds is 8. The molecule has 0 fully saturated rings. The highest BCUT2D eigenvalue weighted by molar-refractivity contribution is 5.86. The van der Waals surface area contributed by atoms with Crippen LogP contribution in [0.3, 0.4) is 0 Å². The quantitative estimate of drug-likeness (QED) is 0.562. The fourth-order valence-electron chi connectivity index (χ4n) is 3.06. The van der Waals surface area contributed by atoms with Gasteiger partial charge in [-0.3, -0.25) is 0 Å². The Hall–Kier alpha value is -2.09. The van der Waals surface area contributed by atoms with Crippen LogP contribution in [0, 0.1) is 18.3 Å². The first kappa shape index (κ1) is 18.3. The lowest BCUT2D eigenvalue weighted by atomic mass is 9.95. The van der Waals surface area contributed by atoms with Crippen molar-refractivity contribution in [2.45, 2.75) is 53.0 Å². The van der Waals surface area contributed by atoms with Gasteiger partial charge < -0.3 is 10.7 Å². The summed E-state index contributed by atoms with van der Waals surface area (Å²) in [6.07, 6.45) is 4.81. The molecule has 0 aliphatic rings. The predicted molar refractivity (Wildman–Crippen MR) is 105 cm³/mol. The number of anilines is 1. The molecule has 0 aromatic heterocycles. The van der Waals surface area contributed by atoms with Crippen molar-refractivity contribution in [3.05, 3.63) is 64.7 Å². The third kappa shape index (κ3) is 4.95. The van der Waals surface area contributed by atoms with Crippen LogP contribution in [0.4, 0.5) is 5.69 Å². The van der Waals surface area contributed by atoms with Crippen LogP contribution in [0.1, 0.15) is 61.9 Å². The molecule has 0 bridgehead atoms. The largest absolute Gasteiger partial charge is 0.378 e. The number of benzene rings is 2. The maximum absolute atomic E-state index is 7.65. The van der Waals surface area contributed by atoms with Crippen molar-refractivity contribution < 1.29 is 0 Å². The Labute approximate surface area is 146 Å². The Morgan fingerprint density at radius 1 is 1.08 bits per heavy atom. The van der Waals surface area contributed by atoms with Crippen LogP contribution in [-0.4, -0.2) is 6.21 Å². The minimum Gasteiger partial charge on any atom is -0.378 e. The predicted octanol–water partition coefficient (Wildman–Crippen LogP) is 6.14. The summed E-state index contributed by atoms with van der Waals surface area (Å²) in [5.74, 6) is 0.603. The van der Waals surface area contributed by atoms with Gasteiger partial charge in [-0.2, -0.15) is 0 Å². The van der Waals surface area contributed by atoms with Gasteiger partial charge in [-0.1, -0.05) is 63.6 Å². The van der Waals surface area contributed by atoms with Crippen molar-refractivity contribution in [1.82, 2.24) is 0 Å². The lowest BCUT2D eigenvalue weighted by Gasteiger charge is -2.24. The second-order valence-electron chi connectivity index (χ2n) is 7.05. The normalized spacial score (nSPS) is 12.2. The monoisotopic (exact) mass is 322 g/mol. The maximum Gasteiger partial charge on any atom is 0.0516 e. The molecule has 0 heterocycles. The molecule has 24 heavy (non-hydrogen) atoms. The zero-order valence-corrected chi connectivity index (χ0v) is 15.4. The van der Waals surface area contributed by atoms with Crippen molar-refractivity contribution in [2.75, 3.05) is 5.32 Å². The molecule has 0 spiro atoms. The molecular formula is C22H30N2. The minimum atomic E-state index is 0.265. The van der Waals surface area contributed by atoms with Gasteiger partial charge in [-0.15, -0.1) is 0 Å². The summed E-state index contributed by atoms with van der Waals surface area (Å²) < 4.78 is 0. The van der Waals surface area contributed by atoms with Gasteiger partial charge in [0.25, 0.3) is 0 Å². The molecule has 2 rings (SSSR count). The van der Waals surface area contributed by atoms with Gasteiger partial charge in [0.05, 0.1) is 6.04 Å². The summed E-state index contributed by atoms with van der Waals surface area (Å²) >= 11 is 0. The van der Waals surface area contributed by atoms with Crippen molar-refractivity contribution in [2.24, 2.45) is 5.92 Å². The van der Waals surface area contributed by atoms with Crippen LogP contribution in [0.25, 0.3) is 0 Å². The molecule has 0 saturated carbocycles. The molecule has 0 radical (unpaired) electrons. The highest BCUT2D eigenvalue weighted by atomic mass is 14.9. The van der Waals surface area contributed by atoms with Crippen LogP contribution >= 0.6 is 0 Å². The summed E-state index contributed by atoms with van der Waals surface area (Å²) in [6, 6.07) is 15.5. The van der Waals surface area contributed by atoms with E-state index in [0.29, 0.717) is 5.92 Å². The molecule has 0 aliphatic heterocycles. The Bertz CT molecular complexity index is 656. The van der Waals surface area contributed by atoms with Crippen LogP contribution in [-0.2, 0) is 6.42 Å². The van der Waals surface area contributed by atoms with Crippen molar-refractivity contribution in [1.29, 1.82) is 5.41 Å². The third-order valence-electron chi connectivity index (χ3n) is 4.32. The second-order valence-corrected chi connectivity index (χ2v) is 7.05. The molecule has 128 valence electrons. The molecule has 2 heteroatoms. The average molecular weight is 322 g/mol. The molecule has 2 aromatic carbocycles. The van der Waals surface area contributed by atoms with Gasteiger partial charge in [0, 0.05) is 17.5 Å². The standard InChI is InChI=1S/C22H30N2/c1-5-6-18-8-11-19(12-9-18)21(13-16(2)3)24-22-14-17(4)7-10-20(22)15-23/h7-12,14-16,21,23-24H,5-6,13H2,1-4H3. The Kier molecular flexibility index (Phi) is 6.60. The van der Waals surface area contributed by atoms with E-state index in [0.717, 1.165) is 24.1 Å². The topological polar surface area (TPSA) is 35.9 Å².